The largest absolute Gasteiger partial charge is 0.497 e. The monoisotopic (exact) mass is 377 g/mol. The number of imide groups is 1. The molecule has 0 unspecified atom stereocenters. The molecule has 1 saturated heterocycles. The first-order valence-corrected chi connectivity index (χ1v) is 9.06. The fraction of sp³-hybridized carbons (Fsp3) is 0.526. The topological polar surface area (TPSA) is 97.0 Å². The van der Waals surface area contributed by atoms with Crippen LogP contribution in [-0.4, -0.2) is 49.0 Å². The number of hydrogen-bond acceptors (Lipinski definition) is 5. The number of nitrogens with one attached hydrogen (secondary N) is 2. The van der Waals surface area contributed by atoms with Crippen molar-refractivity contribution in [2.45, 2.75) is 45.1 Å². The maximum absolute atomic E-state index is 12.8. The number of hydrogen-bond donors (Lipinski definition) is 2. The second-order valence-electron chi connectivity index (χ2n) is 6.55. The van der Waals surface area contributed by atoms with Crippen molar-refractivity contribution in [3.05, 3.63) is 18.2 Å². The SMILES string of the molecule is CCCC1(CCC)NC(=O)N(CC(=O)Nc2cc(OC)cc(OC)c2)C1=O. The number of carbonyl (C=O) groups is 3. The molecule has 0 bridgehead atoms. The van der Waals surface area contributed by atoms with Gasteiger partial charge in [0.15, 0.2) is 0 Å². The summed E-state index contributed by atoms with van der Waals surface area (Å²) in [5, 5.41) is 5.47. The van der Waals surface area contributed by atoms with Crippen LogP contribution in [0.2, 0.25) is 0 Å². The number of carbonyl (C=O) groups excluding carboxylic acids is 3. The number of rotatable bonds is 9. The second kappa shape index (κ2) is 8.75. The molecule has 1 aliphatic heterocycles. The van der Waals surface area contributed by atoms with E-state index in [2.05, 4.69) is 10.6 Å². The van der Waals surface area contributed by atoms with Crippen molar-refractivity contribution in [2.24, 2.45) is 0 Å². The highest BCUT2D eigenvalue weighted by molar-refractivity contribution is 6.10. The molecule has 0 saturated carbocycles. The van der Waals surface area contributed by atoms with Gasteiger partial charge in [-0.15, -0.1) is 0 Å². The van der Waals surface area contributed by atoms with Crippen LogP contribution in [0.15, 0.2) is 18.2 Å². The number of anilines is 1. The Kier molecular flexibility index (Phi) is 6.65. The Morgan fingerprint density at radius 3 is 2.11 bits per heavy atom. The van der Waals surface area contributed by atoms with Gasteiger partial charge in [0, 0.05) is 23.9 Å². The summed E-state index contributed by atoms with van der Waals surface area (Å²) >= 11 is 0. The first kappa shape index (κ1) is 20.5. The van der Waals surface area contributed by atoms with Gasteiger partial charge in [-0.25, -0.2) is 4.79 Å². The van der Waals surface area contributed by atoms with E-state index in [0.29, 0.717) is 30.0 Å². The lowest BCUT2D eigenvalue weighted by Gasteiger charge is -2.25. The molecular formula is C19H27N3O5. The molecule has 4 amide bonds. The summed E-state index contributed by atoms with van der Waals surface area (Å²) < 4.78 is 10.3. The molecule has 1 aromatic carbocycles. The molecule has 2 rings (SSSR count). The summed E-state index contributed by atoms with van der Waals surface area (Å²) in [5.41, 5.74) is -0.448. The Labute approximate surface area is 159 Å². The normalized spacial score (nSPS) is 15.5. The lowest BCUT2D eigenvalue weighted by Crippen LogP contribution is -2.47. The van der Waals surface area contributed by atoms with E-state index in [1.807, 2.05) is 13.8 Å². The van der Waals surface area contributed by atoms with Crippen molar-refractivity contribution in [2.75, 3.05) is 26.1 Å². The Bertz CT molecular complexity index is 691. The number of ether oxygens (including phenoxy) is 2. The third-order valence-electron chi connectivity index (χ3n) is 4.54. The fourth-order valence-electron chi connectivity index (χ4n) is 3.36. The number of methoxy groups -OCH3 is 2. The van der Waals surface area contributed by atoms with E-state index in [4.69, 9.17) is 9.47 Å². The van der Waals surface area contributed by atoms with Crippen LogP contribution < -0.4 is 20.1 Å². The predicted octanol–water partition coefficient (Wildman–Crippen LogP) is 2.53. The number of amides is 4. The molecule has 1 heterocycles. The van der Waals surface area contributed by atoms with Crippen LogP contribution in [0.3, 0.4) is 0 Å². The average molecular weight is 377 g/mol. The molecule has 8 nitrogen and oxygen atoms in total. The van der Waals surface area contributed by atoms with E-state index in [1.54, 1.807) is 18.2 Å². The fourth-order valence-corrected chi connectivity index (χ4v) is 3.36. The van der Waals surface area contributed by atoms with E-state index >= 15 is 0 Å². The van der Waals surface area contributed by atoms with E-state index < -0.39 is 17.5 Å². The second-order valence-corrected chi connectivity index (χ2v) is 6.55. The Morgan fingerprint density at radius 1 is 1.07 bits per heavy atom. The zero-order chi connectivity index (χ0) is 20.0. The van der Waals surface area contributed by atoms with E-state index in [1.165, 1.54) is 14.2 Å². The quantitative estimate of drug-likeness (QED) is 0.645. The molecule has 0 radical (unpaired) electrons. The molecule has 0 spiro atoms. The molecule has 148 valence electrons. The van der Waals surface area contributed by atoms with E-state index in [0.717, 1.165) is 17.7 Å². The molecule has 0 atom stereocenters. The summed E-state index contributed by atoms with van der Waals surface area (Å²) in [6.07, 6.45) is 2.62. The van der Waals surface area contributed by atoms with Gasteiger partial charge in [-0.2, -0.15) is 0 Å². The predicted molar refractivity (Wildman–Crippen MR) is 101 cm³/mol. The molecule has 1 fully saturated rings. The van der Waals surface area contributed by atoms with Crippen LogP contribution in [0.4, 0.5) is 10.5 Å². The van der Waals surface area contributed by atoms with Crippen molar-refractivity contribution in [1.82, 2.24) is 10.2 Å². The van der Waals surface area contributed by atoms with Gasteiger partial charge in [-0.05, 0) is 12.8 Å². The Hall–Kier alpha value is -2.77. The minimum atomic E-state index is -0.903. The summed E-state index contributed by atoms with van der Waals surface area (Å²) in [4.78, 5) is 38.5. The maximum Gasteiger partial charge on any atom is 0.325 e. The first-order chi connectivity index (χ1) is 12.9. The molecule has 2 N–H and O–H groups in total. The van der Waals surface area contributed by atoms with Crippen LogP contribution in [0, 0.1) is 0 Å². The van der Waals surface area contributed by atoms with Crippen molar-refractivity contribution < 1.29 is 23.9 Å². The number of urea groups is 1. The summed E-state index contributed by atoms with van der Waals surface area (Å²) in [6.45, 7) is 3.57. The van der Waals surface area contributed by atoms with Gasteiger partial charge < -0.3 is 20.1 Å². The van der Waals surface area contributed by atoms with E-state index in [9.17, 15) is 14.4 Å². The molecule has 1 aromatic rings. The lowest BCUT2D eigenvalue weighted by molar-refractivity contribution is -0.134. The minimum Gasteiger partial charge on any atom is -0.497 e. The smallest absolute Gasteiger partial charge is 0.325 e. The van der Waals surface area contributed by atoms with Gasteiger partial charge in [-0.3, -0.25) is 14.5 Å². The molecule has 0 aliphatic carbocycles. The van der Waals surface area contributed by atoms with Crippen LogP contribution in [0.5, 0.6) is 11.5 Å². The number of nitrogens with zero attached hydrogens (tertiary/aromatic N) is 1. The van der Waals surface area contributed by atoms with Crippen LogP contribution in [0.25, 0.3) is 0 Å². The Balaban J connectivity index is 2.11. The summed E-state index contributed by atoms with van der Waals surface area (Å²) in [6, 6.07) is 4.41. The molecule has 1 aliphatic rings. The zero-order valence-corrected chi connectivity index (χ0v) is 16.3. The van der Waals surface area contributed by atoms with Crippen molar-refractivity contribution >= 4 is 23.5 Å². The molecular weight excluding hydrogens is 350 g/mol. The minimum absolute atomic E-state index is 0.338. The van der Waals surface area contributed by atoms with Crippen LogP contribution >= 0.6 is 0 Å². The third kappa shape index (κ3) is 4.50. The zero-order valence-electron chi connectivity index (χ0n) is 16.3. The molecule has 8 heteroatoms. The average Bonchev–Trinajstić information content (AvgIpc) is 2.86. The standard InChI is InChI=1S/C19H27N3O5/c1-5-7-19(8-6-2)17(24)22(18(25)21-19)12-16(23)20-13-9-14(26-3)11-15(10-13)27-4/h9-11H,5-8,12H2,1-4H3,(H,20,23)(H,21,25). The van der Waals surface area contributed by atoms with Crippen molar-refractivity contribution in [1.29, 1.82) is 0 Å². The lowest BCUT2D eigenvalue weighted by atomic mass is 9.88. The summed E-state index contributed by atoms with van der Waals surface area (Å²) in [5.74, 6) is 0.223. The van der Waals surface area contributed by atoms with Crippen LogP contribution in [0.1, 0.15) is 39.5 Å². The Morgan fingerprint density at radius 2 is 1.63 bits per heavy atom. The van der Waals surface area contributed by atoms with Gasteiger partial charge >= 0.3 is 6.03 Å². The highest BCUT2D eigenvalue weighted by atomic mass is 16.5. The molecule has 27 heavy (non-hydrogen) atoms. The maximum atomic E-state index is 12.8. The van der Waals surface area contributed by atoms with Gasteiger partial charge in [0.2, 0.25) is 5.91 Å². The van der Waals surface area contributed by atoms with Gasteiger partial charge in [0.1, 0.15) is 23.6 Å². The van der Waals surface area contributed by atoms with Crippen molar-refractivity contribution in [3.63, 3.8) is 0 Å². The van der Waals surface area contributed by atoms with Gasteiger partial charge in [0.25, 0.3) is 5.91 Å². The third-order valence-corrected chi connectivity index (χ3v) is 4.54. The summed E-state index contributed by atoms with van der Waals surface area (Å²) in [7, 11) is 3.02. The van der Waals surface area contributed by atoms with Gasteiger partial charge in [-0.1, -0.05) is 26.7 Å². The highest BCUT2D eigenvalue weighted by Gasteiger charge is 2.50. The van der Waals surface area contributed by atoms with Gasteiger partial charge in [0.05, 0.1) is 14.2 Å². The van der Waals surface area contributed by atoms with E-state index in [-0.39, 0.29) is 12.5 Å². The van der Waals surface area contributed by atoms with Crippen molar-refractivity contribution in [3.8, 4) is 11.5 Å². The molecule has 0 aromatic heterocycles. The highest BCUT2D eigenvalue weighted by Crippen LogP contribution is 2.29. The van der Waals surface area contributed by atoms with Crippen LogP contribution in [-0.2, 0) is 9.59 Å². The first-order valence-electron chi connectivity index (χ1n) is 9.06. The number of benzene rings is 1.